The molecule has 1 aliphatic heterocycles. The van der Waals surface area contributed by atoms with Crippen molar-refractivity contribution in [3.63, 3.8) is 0 Å². The molecule has 3 aromatic rings. The van der Waals surface area contributed by atoms with E-state index in [1.54, 1.807) is 49.6 Å². The Morgan fingerprint density at radius 1 is 0.978 bits per heavy atom. The van der Waals surface area contributed by atoms with Gasteiger partial charge >= 0.3 is 18.2 Å². The average molecular weight is 688 g/mol. The number of aliphatic imine (C=N–C) groups is 1. The molecule has 250 valence electrons. The molecule has 2 atom stereocenters. The number of nitrogens with two attached hydrogens (primary N) is 1. The molecule has 0 aliphatic carbocycles. The summed E-state index contributed by atoms with van der Waals surface area (Å²) in [5.41, 5.74) is 7.36. The van der Waals surface area contributed by atoms with Crippen molar-refractivity contribution < 1.29 is 42.4 Å². The minimum absolute atomic E-state index is 0.300. The minimum atomic E-state index is -5.08. The SMILES string of the molecule is CCOc1cc(OC)ccc1C1=NC(c2ccc(Cl)cc2)C(c2ccc(Cl)cc2)N1C(=O)O.CN(C)CCN.O=C(O)C(F)(F)F. The number of likely N-dealkylation sites (N-methyl/N-ethyl adjacent to an activating group) is 1. The maximum absolute atomic E-state index is 12.6. The molecule has 10 nitrogen and oxygen atoms in total. The van der Waals surface area contributed by atoms with Gasteiger partial charge in [-0.05, 0) is 68.5 Å². The molecule has 1 heterocycles. The van der Waals surface area contributed by atoms with Gasteiger partial charge < -0.3 is 30.3 Å². The monoisotopic (exact) mass is 686 g/mol. The van der Waals surface area contributed by atoms with Crippen molar-refractivity contribution in [2.45, 2.75) is 25.2 Å². The second kappa shape index (κ2) is 17.6. The summed E-state index contributed by atoms with van der Waals surface area (Å²) >= 11 is 12.2. The average Bonchev–Trinajstić information content (AvgIpc) is 3.39. The Bertz CT molecular complexity index is 1470. The first-order valence-corrected chi connectivity index (χ1v) is 14.5. The van der Waals surface area contributed by atoms with Crippen molar-refractivity contribution in [3.8, 4) is 11.5 Å². The third kappa shape index (κ3) is 10.8. The topological polar surface area (TPSA) is 138 Å². The van der Waals surface area contributed by atoms with Crippen LogP contribution in [0.1, 0.15) is 35.7 Å². The Hall–Kier alpha value is -4.04. The molecule has 2 unspecified atom stereocenters. The maximum atomic E-state index is 12.6. The minimum Gasteiger partial charge on any atom is -0.497 e. The highest BCUT2D eigenvalue weighted by atomic mass is 35.5. The van der Waals surface area contributed by atoms with Gasteiger partial charge in [0.2, 0.25) is 0 Å². The molecule has 1 amide bonds. The fraction of sp³-hybridized carbons (Fsp3) is 0.323. The second-order valence-electron chi connectivity index (χ2n) is 9.79. The summed E-state index contributed by atoms with van der Waals surface area (Å²) in [5.74, 6) is -1.36. The molecule has 0 bridgehead atoms. The van der Waals surface area contributed by atoms with Crippen LogP contribution in [0.4, 0.5) is 18.0 Å². The number of carboxylic acid groups (broad SMARTS) is 2. The normalized spacial score (nSPS) is 15.6. The molecule has 3 aromatic carbocycles. The van der Waals surface area contributed by atoms with E-state index in [9.17, 15) is 23.1 Å². The number of halogens is 5. The molecule has 15 heteroatoms. The highest BCUT2D eigenvalue weighted by Crippen LogP contribution is 2.45. The predicted molar refractivity (Wildman–Crippen MR) is 170 cm³/mol. The Labute approximate surface area is 274 Å². The number of rotatable bonds is 8. The van der Waals surface area contributed by atoms with Crippen molar-refractivity contribution in [1.82, 2.24) is 9.80 Å². The Morgan fingerprint density at radius 2 is 1.50 bits per heavy atom. The van der Waals surface area contributed by atoms with E-state index in [4.69, 9.17) is 53.3 Å². The van der Waals surface area contributed by atoms with Gasteiger partial charge in [-0.1, -0.05) is 47.5 Å². The molecule has 0 radical (unpaired) electrons. The predicted octanol–water partition coefficient (Wildman–Crippen LogP) is 6.76. The zero-order chi connectivity index (χ0) is 34.6. The Morgan fingerprint density at radius 3 is 1.89 bits per heavy atom. The van der Waals surface area contributed by atoms with E-state index in [0.29, 0.717) is 39.6 Å². The van der Waals surface area contributed by atoms with Gasteiger partial charge in [-0.25, -0.2) is 9.59 Å². The van der Waals surface area contributed by atoms with Gasteiger partial charge in [-0.2, -0.15) is 13.2 Å². The van der Waals surface area contributed by atoms with Crippen LogP contribution >= 0.6 is 23.2 Å². The van der Waals surface area contributed by atoms with E-state index in [2.05, 4.69) is 4.90 Å². The molecular weight excluding hydrogens is 652 g/mol. The highest BCUT2D eigenvalue weighted by molar-refractivity contribution is 6.30. The molecule has 0 saturated heterocycles. The lowest BCUT2D eigenvalue weighted by molar-refractivity contribution is -0.192. The van der Waals surface area contributed by atoms with Gasteiger partial charge in [0.1, 0.15) is 23.4 Å². The van der Waals surface area contributed by atoms with E-state index < -0.39 is 30.3 Å². The van der Waals surface area contributed by atoms with E-state index in [0.717, 1.165) is 24.2 Å². The summed E-state index contributed by atoms with van der Waals surface area (Å²) in [6.07, 6.45) is -6.21. The van der Waals surface area contributed by atoms with Crippen LogP contribution in [0.15, 0.2) is 71.7 Å². The largest absolute Gasteiger partial charge is 0.497 e. The van der Waals surface area contributed by atoms with Gasteiger partial charge in [-0.3, -0.25) is 9.89 Å². The molecule has 4 N–H and O–H groups in total. The van der Waals surface area contributed by atoms with Gasteiger partial charge in [0, 0.05) is 29.2 Å². The second-order valence-corrected chi connectivity index (χ2v) is 10.7. The van der Waals surface area contributed by atoms with Gasteiger partial charge in [0.25, 0.3) is 0 Å². The Kier molecular flexibility index (Phi) is 14.6. The number of carboxylic acids is 1. The summed E-state index contributed by atoms with van der Waals surface area (Å²) in [4.78, 5) is 29.7. The van der Waals surface area contributed by atoms with E-state index >= 15 is 0 Å². The fourth-order valence-electron chi connectivity index (χ4n) is 4.20. The zero-order valence-corrected chi connectivity index (χ0v) is 27.0. The number of aliphatic carboxylic acids is 1. The van der Waals surface area contributed by atoms with Crippen molar-refractivity contribution in [1.29, 1.82) is 0 Å². The van der Waals surface area contributed by atoms with Crippen LogP contribution in [0, 0.1) is 0 Å². The van der Waals surface area contributed by atoms with Gasteiger partial charge in [0.15, 0.2) is 0 Å². The lowest BCUT2D eigenvalue weighted by Crippen LogP contribution is -2.36. The number of nitrogens with zero attached hydrogens (tertiary/aromatic N) is 3. The molecule has 0 fully saturated rings. The molecule has 0 saturated carbocycles. The zero-order valence-electron chi connectivity index (χ0n) is 25.5. The number of amides is 1. The number of amidine groups is 1. The van der Waals surface area contributed by atoms with Crippen LogP contribution in [0.25, 0.3) is 0 Å². The van der Waals surface area contributed by atoms with Gasteiger partial charge in [0.05, 0.1) is 25.3 Å². The molecule has 1 aliphatic rings. The van der Waals surface area contributed by atoms with Crippen LogP contribution < -0.4 is 15.2 Å². The van der Waals surface area contributed by atoms with Crippen LogP contribution in [0.5, 0.6) is 11.5 Å². The summed E-state index contributed by atoms with van der Waals surface area (Å²) < 4.78 is 42.9. The molecule has 46 heavy (non-hydrogen) atoms. The molecule has 4 rings (SSSR count). The highest BCUT2D eigenvalue weighted by Gasteiger charge is 2.43. The van der Waals surface area contributed by atoms with E-state index in [1.807, 2.05) is 45.3 Å². The third-order valence-corrected chi connectivity index (χ3v) is 6.75. The smallest absolute Gasteiger partial charge is 0.490 e. The number of methoxy groups -OCH3 is 1. The fourth-order valence-corrected chi connectivity index (χ4v) is 4.45. The van der Waals surface area contributed by atoms with Crippen LogP contribution in [0.3, 0.4) is 0 Å². The summed E-state index contributed by atoms with van der Waals surface area (Å²) in [5, 5.41) is 18.6. The summed E-state index contributed by atoms with van der Waals surface area (Å²) in [6, 6.07) is 18.5. The van der Waals surface area contributed by atoms with Crippen LogP contribution in [-0.4, -0.2) is 85.0 Å². The number of ether oxygens (including phenoxy) is 2. The Balaban J connectivity index is 0.000000478. The van der Waals surface area contributed by atoms with Crippen molar-refractivity contribution in [2.24, 2.45) is 10.7 Å². The standard InChI is InChI=1S/C25H22Cl2N2O4.C4H12N2.C2HF3O2/c1-3-33-21-14-19(32-2)12-13-20(21)24-28-22(15-4-8-17(26)9-5-15)23(29(24)25(30)31)16-6-10-18(27)11-7-16;1-6(2)4-3-5;3-2(4,5)1(6)7/h4-14,22-23H,3H2,1-2H3,(H,30,31);3-5H2,1-2H3;(H,6,7). The molecule has 0 aromatic heterocycles. The van der Waals surface area contributed by atoms with Gasteiger partial charge in [-0.15, -0.1) is 0 Å². The number of hydrogen-bond donors (Lipinski definition) is 3. The van der Waals surface area contributed by atoms with Crippen molar-refractivity contribution in [3.05, 3.63) is 93.5 Å². The quantitative estimate of drug-likeness (QED) is 0.236. The van der Waals surface area contributed by atoms with Crippen LogP contribution in [-0.2, 0) is 4.79 Å². The number of benzene rings is 3. The lowest BCUT2D eigenvalue weighted by Gasteiger charge is -2.27. The van der Waals surface area contributed by atoms with E-state index in [1.165, 1.54) is 4.90 Å². The first-order valence-electron chi connectivity index (χ1n) is 13.7. The number of carbonyl (C=O) groups is 2. The third-order valence-electron chi connectivity index (χ3n) is 6.24. The first-order chi connectivity index (χ1) is 21.6. The summed E-state index contributed by atoms with van der Waals surface area (Å²) in [7, 11) is 5.58. The number of alkyl halides is 3. The summed E-state index contributed by atoms with van der Waals surface area (Å²) in [6.45, 7) is 4.01. The molecule has 0 spiro atoms. The van der Waals surface area contributed by atoms with E-state index in [-0.39, 0.29) is 0 Å². The van der Waals surface area contributed by atoms with Crippen molar-refractivity contribution in [2.75, 3.05) is 40.9 Å². The van der Waals surface area contributed by atoms with Crippen molar-refractivity contribution >= 4 is 41.1 Å². The number of hydrogen-bond acceptors (Lipinski definition) is 7. The maximum Gasteiger partial charge on any atom is 0.490 e. The lowest BCUT2D eigenvalue weighted by atomic mass is 9.94. The van der Waals surface area contributed by atoms with Crippen LogP contribution in [0.2, 0.25) is 10.0 Å². The first kappa shape index (κ1) is 38.1. The molecular formula is C31H35Cl2F3N4O6.